The lowest BCUT2D eigenvalue weighted by Crippen LogP contribution is -2.48. The molecule has 5 heteroatoms. The molecule has 5 nitrogen and oxygen atoms in total. The third kappa shape index (κ3) is 6.50. The van der Waals surface area contributed by atoms with Gasteiger partial charge in [-0.05, 0) is 43.0 Å². The fourth-order valence-corrected chi connectivity index (χ4v) is 3.19. The maximum absolute atomic E-state index is 12.3. The summed E-state index contributed by atoms with van der Waals surface area (Å²) in [4.78, 5) is 26.0. The number of piperidine rings is 1. The van der Waals surface area contributed by atoms with Gasteiger partial charge in [0.15, 0.2) is 0 Å². The smallest absolute Gasteiger partial charge is 0.243 e. The van der Waals surface area contributed by atoms with Crippen LogP contribution in [0, 0.1) is 5.92 Å². The first-order valence-electron chi connectivity index (χ1n) is 9.30. The van der Waals surface area contributed by atoms with E-state index in [0.717, 1.165) is 12.1 Å². The van der Waals surface area contributed by atoms with Gasteiger partial charge in [0.2, 0.25) is 11.8 Å². The van der Waals surface area contributed by atoms with E-state index in [1.807, 2.05) is 13.8 Å². The molecule has 1 heterocycles. The highest BCUT2D eigenvalue weighted by atomic mass is 16.2. The number of carbonyl (C=O) groups is 2. The van der Waals surface area contributed by atoms with Crippen molar-refractivity contribution < 1.29 is 9.59 Å². The van der Waals surface area contributed by atoms with Crippen LogP contribution in [0.25, 0.3) is 0 Å². The van der Waals surface area contributed by atoms with E-state index in [4.69, 9.17) is 0 Å². The third-order valence-electron chi connectivity index (χ3n) is 4.65. The van der Waals surface area contributed by atoms with Crippen LogP contribution in [-0.4, -0.2) is 35.8 Å². The number of benzene rings is 1. The highest BCUT2D eigenvalue weighted by Crippen LogP contribution is 2.13. The Kier molecular flexibility index (Phi) is 7.44. The Morgan fingerprint density at radius 2 is 1.64 bits per heavy atom. The molecule has 25 heavy (non-hydrogen) atoms. The van der Waals surface area contributed by atoms with Crippen molar-refractivity contribution in [3.63, 3.8) is 0 Å². The highest BCUT2D eigenvalue weighted by molar-refractivity contribution is 5.87. The van der Waals surface area contributed by atoms with Gasteiger partial charge in [-0.3, -0.25) is 14.5 Å². The highest BCUT2D eigenvalue weighted by Gasteiger charge is 2.22. The van der Waals surface area contributed by atoms with Crippen molar-refractivity contribution in [1.29, 1.82) is 0 Å². The van der Waals surface area contributed by atoms with E-state index in [1.54, 1.807) is 0 Å². The molecule has 0 saturated carbocycles. The van der Waals surface area contributed by atoms with Gasteiger partial charge in [0, 0.05) is 20.0 Å². The summed E-state index contributed by atoms with van der Waals surface area (Å²) in [7, 11) is 0. The molecule has 1 aromatic carbocycles. The molecule has 1 aromatic rings. The lowest BCUT2D eigenvalue weighted by atomic mass is 10.0. The molecule has 2 rings (SSSR count). The Labute approximate surface area is 151 Å². The molecule has 0 aliphatic carbocycles. The topological polar surface area (TPSA) is 61.4 Å². The van der Waals surface area contributed by atoms with Gasteiger partial charge in [0.1, 0.15) is 6.04 Å². The van der Waals surface area contributed by atoms with Gasteiger partial charge in [-0.1, -0.05) is 44.5 Å². The van der Waals surface area contributed by atoms with Crippen molar-refractivity contribution in [2.75, 3.05) is 13.1 Å². The van der Waals surface area contributed by atoms with Crippen LogP contribution in [0.3, 0.4) is 0 Å². The molecule has 1 saturated heterocycles. The number of rotatable bonds is 7. The predicted molar refractivity (Wildman–Crippen MR) is 99.9 cm³/mol. The molecule has 0 radical (unpaired) electrons. The number of nitrogens with zero attached hydrogens (tertiary/aromatic N) is 1. The summed E-state index contributed by atoms with van der Waals surface area (Å²) in [6.07, 6.45) is 3.95. The van der Waals surface area contributed by atoms with Crippen molar-refractivity contribution in [2.45, 2.75) is 59.2 Å². The standard InChI is InChI=1S/C20H31N3O2/c1-15(2)19(22-16(3)24)20(25)21-13-17-7-9-18(10-8-17)14-23-11-5-4-6-12-23/h7-10,15,19H,4-6,11-14H2,1-3H3,(H,21,25)(H,22,24)/t19-/m1/s1. The fraction of sp³-hybridized carbons (Fsp3) is 0.600. The normalized spacial score (nSPS) is 16.5. The van der Waals surface area contributed by atoms with E-state index < -0.39 is 6.04 Å². The Morgan fingerprint density at radius 3 is 2.20 bits per heavy atom. The van der Waals surface area contributed by atoms with Crippen LogP contribution in [0.4, 0.5) is 0 Å². The van der Waals surface area contributed by atoms with Crippen molar-refractivity contribution in [3.05, 3.63) is 35.4 Å². The molecule has 2 amide bonds. The van der Waals surface area contributed by atoms with E-state index in [2.05, 4.69) is 39.8 Å². The van der Waals surface area contributed by atoms with Crippen LogP contribution in [0.5, 0.6) is 0 Å². The van der Waals surface area contributed by atoms with Crippen LogP contribution in [-0.2, 0) is 22.7 Å². The number of amides is 2. The zero-order chi connectivity index (χ0) is 18.2. The Balaban J connectivity index is 1.83. The van der Waals surface area contributed by atoms with Gasteiger partial charge in [0.05, 0.1) is 0 Å². The monoisotopic (exact) mass is 345 g/mol. The zero-order valence-electron chi connectivity index (χ0n) is 15.7. The molecule has 0 spiro atoms. The van der Waals surface area contributed by atoms with Crippen LogP contribution in [0.2, 0.25) is 0 Å². The van der Waals surface area contributed by atoms with E-state index >= 15 is 0 Å². The molecule has 2 N–H and O–H groups in total. The summed E-state index contributed by atoms with van der Waals surface area (Å²) in [6.45, 7) is 9.15. The first-order valence-corrected chi connectivity index (χ1v) is 9.30. The summed E-state index contributed by atoms with van der Waals surface area (Å²) in [5.41, 5.74) is 2.39. The maximum Gasteiger partial charge on any atom is 0.243 e. The second-order valence-electron chi connectivity index (χ2n) is 7.29. The molecular weight excluding hydrogens is 314 g/mol. The van der Waals surface area contributed by atoms with Crippen LogP contribution in [0.15, 0.2) is 24.3 Å². The molecule has 0 aromatic heterocycles. The Hall–Kier alpha value is -1.88. The van der Waals surface area contributed by atoms with Crippen LogP contribution in [0.1, 0.15) is 51.2 Å². The number of carbonyl (C=O) groups excluding carboxylic acids is 2. The quantitative estimate of drug-likeness (QED) is 0.798. The van der Waals surface area contributed by atoms with Crippen molar-refractivity contribution >= 4 is 11.8 Å². The van der Waals surface area contributed by atoms with E-state index in [9.17, 15) is 9.59 Å². The molecule has 1 aliphatic heterocycles. The summed E-state index contributed by atoms with van der Waals surface area (Å²) in [5, 5.41) is 5.64. The van der Waals surface area contributed by atoms with E-state index in [0.29, 0.717) is 6.54 Å². The van der Waals surface area contributed by atoms with Gasteiger partial charge in [-0.15, -0.1) is 0 Å². The minimum Gasteiger partial charge on any atom is -0.350 e. The van der Waals surface area contributed by atoms with Crippen molar-refractivity contribution in [2.24, 2.45) is 5.92 Å². The average Bonchev–Trinajstić information content (AvgIpc) is 2.59. The lowest BCUT2D eigenvalue weighted by molar-refractivity contribution is -0.129. The zero-order valence-corrected chi connectivity index (χ0v) is 15.7. The third-order valence-corrected chi connectivity index (χ3v) is 4.65. The van der Waals surface area contributed by atoms with Gasteiger partial charge in [-0.25, -0.2) is 0 Å². The molecule has 1 aliphatic rings. The van der Waals surface area contributed by atoms with Gasteiger partial charge in [-0.2, -0.15) is 0 Å². The largest absolute Gasteiger partial charge is 0.350 e. The summed E-state index contributed by atoms with van der Waals surface area (Å²) in [6, 6.07) is 7.94. The molecule has 0 unspecified atom stereocenters. The van der Waals surface area contributed by atoms with Crippen LogP contribution < -0.4 is 10.6 Å². The van der Waals surface area contributed by atoms with E-state index in [1.165, 1.54) is 44.8 Å². The SMILES string of the molecule is CC(=O)N[C@@H](C(=O)NCc1ccc(CN2CCCCC2)cc1)C(C)C. The number of nitrogens with one attached hydrogen (secondary N) is 2. The van der Waals surface area contributed by atoms with E-state index in [-0.39, 0.29) is 17.7 Å². The fourth-order valence-electron chi connectivity index (χ4n) is 3.19. The number of likely N-dealkylation sites (tertiary alicyclic amines) is 1. The molecule has 0 bridgehead atoms. The van der Waals surface area contributed by atoms with Gasteiger partial charge < -0.3 is 10.6 Å². The molecular formula is C20H31N3O2. The number of hydrogen-bond acceptors (Lipinski definition) is 3. The van der Waals surface area contributed by atoms with Crippen LogP contribution >= 0.6 is 0 Å². The average molecular weight is 345 g/mol. The summed E-state index contributed by atoms with van der Waals surface area (Å²) >= 11 is 0. The Bertz CT molecular complexity index is 563. The Morgan fingerprint density at radius 1 is 1.04 bits per heavy atom. The van der Waals surface area contributed by atoms with Crippen molar-refractivity contribution in [3.8, 4) is 0 Å². The second kappa shape index (κ2) is 9.56. The van der Waals surface area contributed by atoms with Gasteiger partial charge >= 0.3 is 0 Å². The number of hydrogen-bond donors (Lipinski definition) is 2. The van der Waals surface area contributed by atoms with Crippen molar-refractivity contribution in [1.82, 2.24) is 15.5 Å². The molecule has 138 valence electrons. The second-order valence-corrected chi connectivity index (χ2v) is 7.29. The van der Waals surface area contributed by atoms with Gasteiger partial charge in [0.25, 0.3) is 0 Å². The lowest BCUT2D eigenvalue weighted by Gasteiger charge is -2.26. The minimum absolute atomic E-state index is 0.0517. The predicted octanol–water partition coefficient (Wildman–Crippen LogP) is 2.45. The minimum atomic E-state index is -0.490. The first-order chi connectivity index (χ1) is 12.0. The molecule has 1 atom stereocenters. The summed E-state index contributed by atoms with van der Waals surface area (Å²) in [5.74, 6) is -0.269. The first kappa shape index (κ1) is 19.4. The maximum atomic E-state index is 12.3. The molecule has 1 fully saturated rings. The summed E-state index contributed by atoms with van der Waals surface area (Å²) < 4.78 is 0.